The number of hydrogen-bond donors (Lipinski definition) is 1. The molecule has 0 bridgehead atoms. The average Bonchev–Trinajstić information content (AvgIpc) is 2.49. The number of anilines is 1. The predicted octanol–water partition coefficient (Wildman–Crippen LogP) is 3.05. The minimum absolute atomic E-state index is 0. The van der Waals surface area contributed by atoms with E-state index in [0.29, 0.717) is 5.13 Å². The Labute approximate surface area is 120 Å². The summed E-state index contributed by atoms with van der Waals surface area (Å²) in [5.41, 5.74) is 6.75. The van der Waals surface area contributed by atoms with Gasteiger partial charge in [0.25, 0.3) is 0 Å². The van der Waals surface area contributed by atoms with E-state index >= 15 is 0 Å². The highest BCUT2D eigenvalue weighted by Gasteiger charge is 2.22. The molecule has 0 radical (unpaired) electrons. The van der Waals surface area contributed by atoms with Gasteiger partial charge in [-0.15, -0.1) is 36.2 Å². The smallest absolute Gasteiger partial charge is 0.180 e. The predicted molar refractivity (Wildman–Crippen MR) is 79.2 cm³/mol. The van der Waals surface area contributed by atoms with E-state index in [2.05, 4.69) is 29.1 Å². The lowest BCUT2D eigenvalue weighted by Gasteiger charge is -2.34. The molecule has 0 amide bonds. The summed E-state index contributed by atoms with van der Waals surface area (Å²) in [7, 11) is 0. The standard InChI is InChI=1S/C11H19N3S.2ClH/c1-8-3-9(2)5-14(4-8)6-10-7-15-11(12)13-10;;/h7-9H,3-6H2,1-2H3,(H2,12,13);2*1H. The van der Waals surface area contributed by atoms with Crippen LogP contribution in [0, 0.1) is 11.8 Å². The first-order valence-electron chi connectivity index (χ1n) is 5.55. The molecule has 6 heteroatoms. The number of nitrogen functional groups attached to an aromatic ring is 1. The Bertz CT molecular complexity index is 322. The van der Waals surface area contributed by atoms with Crippen LogP contribution in [0.15, 0.2) is 5.38 Å². The summed E-state index contributed by atoms with van der Waals surface area (Å²) in [6.07, 6.45) is 1.36. The largest absolute Gasteiger partial charge is 0.375 e. The number of piperidine rings is 1. The van der Waals surface area contributed by atoms with Gasteiger partial charge < -0.3 is 5.73 Å². The number of thiazole rings is 1. The van der Waals surface area contributed by atoms with E-state index in [4.69, 9.17) is 5.73 Å². The van der Waals surface area contributed by atoms with Crippen LogP contribution in [0.25, 0.3) is 0 Å². The molecule has 2 atom stereocenters. The number of nitrogens with two attached hydrogens (primary N) is 1. The number of aromatic nitrogens is 1. The molecule has 1 aromatic rings. The Balaban J connectivity index is 0.00000128. The fraction of sp³-hybridized carbons (Fsp3) is 0.727. The Kier molecular flexibility index (Phi) is 7.40. The maximum absolute atomic E-state index is 5.63. The first-order chi connectivity index (χ1) is 7.13. The minimum atomic E-state index is 0. The molecule has 0 saturated carbocycles. The fourth-order valence-corrected chi connectivity index (χ4v) is 3.10. The summed E-state index contributed by atoms with van der Waals surface area (Å²) in [5.74, 6) is 1.62. The Morgan fingerprint density at radius 1 is 1.35 bits per heavy atom. The minimum Gasteiger partial charge on any atom is -0.375 e. The van der Waals surface area contributed by atoms with Crippen LogP contribution in [-0.2, 0) is 6.54 Å². The number of hydrogen-bond acceptors (Lipinski definition) is 4. The molecule has 1 saturated heterocycles. The van der Waals surface area contributed by atoms with Crippen molar-refractivity contribution in [1.82, 2.24) is 9.88 Å². The second-order valence-electron chi connectivity index (χ2n) is 4.82. The van der Waals surface area contributed by atoms with Gasteiger partial charge in [0.15, 0.2) is 5.13 Å². The van der Waals surface area contributed by atoms with Gasteiger partial charge in [-0.25, -0.2) is 4.98 Å². The first kappa shape index (κ1) is 17.0. The van der Waals surface area contributed by atoms with Crippen LogP contribution in [-0.4, -0.2) is 23.0 Å². The number of rotatable bonds is 2. The van der Waals surface area contributed by atoms with Gasteiger partial charge in [-0.05, 0) is 18.3 Å². The summed E-state index contributed by atoms with van der Waals surface area (Å²) >= 11 is 1.53. The van der Waals surface area contributed by atoms with Crippen molar-refractivity contribution >= 4 is 41.3 Å². The molecule has 1 aliphatic rings. The lowest BCUT2D eigenvalue weighted by atomic mass is 9.92. The van der Waals surface area contributed by atoms with Gasteiger partial charge in [0.2, 0.25) is 0 Å². The lowest BCUT2D eigenvalue weighted by Crippen LogP contribution is -2.38. The van der Waals surface area contributed by atoms with Crippen molar-refractivity contribution in [2.24, 2.45) is 11.8 Å². The van der Waals surface area contributed by atoms with Crippen LogP contribution in [0.4, 0.5) is 5.13 Å². The van der Waals surface area contributed by atoms with Crippen molar-refractivity contribution in [2.75, 3.05) is 18.8 Å². The van der Waals surface area contributed by atoms with Crippen molar-refractivity contribution in [3.8, 4) is 0 Å². The molecular weight excluding hydrogens is 277 g/mol. The van der Waals surface area contributed by atoms with E-state index in [1.807, 2.05) is 0 Å². The number of likely N-dealkylation sites (tertiary alicyclic amines) is 1. The van der Waals surface area contributed by atoms with E-state index < -0.39 is 0 Å². The first-order valence-corrected chi connectivity index (χ1v) is 6.43. The third-order valence-corrected chi connectivity index (χ3v) is 3.62. The fourth-order valence-electron chi connectivity index (χ4n) is 2.55. The Hall–Kier alpha value is -0.0300. The molecule has 0 aliphatic carbocycles. The van der Waals surface area contributed by atoms with Crippen molar-refractivity contribution < 1.29 is 0 Å². The van der Waals surface area contributed by atoms with E-state index in [-0.39, 0.29) is 24.8 Å². The highest BCUT2D eigenvalue weighted by atomic mass is 35.5. The van der Waals surface area contributed by atoms with Gasteiger partial charge in [0.05, 0.1) is 5.69 Å². The third kappa shape index (κ3) is 5.00. The monoisotopic (exact) mass is 297 g/mol. The third-order valence-electron chi connectivity index (χ3n) is 2.90. The van der Waals surface area contributed by atoms with Crippen LogP contribution in [0.1, 0.15) is 26.0 Å². The molecule has 1 aromatic heterocycles. The molecule has 100 valence electrons. The highest BCUT2D eigenvalue weighted by molar-refractivity contribution is 7.13. The van der Waals surface area contributed by atoms with Gasteiger partial charge in [-0.2, -0.15) is 0 Å². The molecule has 0 aromatic carbocycles. The quantitative estimate of drug-likeness (QED) is 0.912. The molecule has 1 aliphatic heterocycles. The maximum Gasteiger partial charge on any atom is 0.180 e. The second kappa shape index (κ2) is 7.41. The van der Waals surface area contributed by atoms with Crippen molar-refractivity contribution in [2.45, 2.75) is 26.8 Å². The van der Waals surface area contributed by atoms with Crippen LogP contribution >= 0.6 is 36.2 Å². The molecule has 2 unspecified atom stereocenters. The molecular formula is C11H21Cl2N3S. The zero-order valence-electron chi connectivity index (χ0n) is 10.3. The zero-order valence-corrected chi connectivity index (χ0v) is 12.7. The van der Waals surface area contributed by atoms with Crippen molar-refractivity contribution in [3.63, 3.8) is 0 Å². The van der Waals surface area contributed by atoms with Gasteiger partial charge in [-0.1, -0.05) is 13.8 Å². The van der Waals surface area contributed by atoms with E-state index in [1.165, 1.54) is 30.8 Å². The molecule has 2 N–H and O–H groups in total. The molecule has 3 nitrogen and oxygen atoms in total. The molecule has 2 rings (SSSR count). The molecule has 1 fully saturated rings. The van der Waals surface area contributed by atoms with Crippen molar-refractivity contribution in [3.05, 3.63) is 11.1 Å². The van der Waals surface area contributed by atoms with Gasteiger partial charge >= 0.3 is 0 Å². The zero-order chi connectivity index (χ0) is 10.8. The van der Waals surface area contributed by atoms with Crippen molar-refractivity contribution in [1.29, 1.82) is 0 Å². The van der Waals surface area contributed by atoms with Crippen LogP contribution in [0.3, 0.4) is 0 Å². The summed E-state index contributed by atoms with van der Waals surface area (Å²) in [6, 6.07) is 0. The van der Waals surface area contributed by atoms with Crippen LogP contribution in [0.5, 0.6) is 0 Å². The average molecular weight is 298 g/mol. The summed E-state index contributed by atoms with van der Waals surface area (Å²) in [5, 5.41) is 2.75. The lowest BCUT2D eigenvalue weighted by molar-refractivity contribution is 0.133. The normalized spacial score (nSPS) is 24.8. The topological polar surface area (TPSA) is 42.1 Å². The Morgan fingerprint density at radius 3 is 2.41 bits per heavy atom. The van der Waals surface area contributed by atoms with E-state index in [9.17, 15) is 0 Å². The van der Waals surface area contributed by atoms with Gasteiger partial charge in [0.1, 0.15) is 0 Å². The van der Waals surface area contributed by atoms with E-state index in [0.717, 1.165) is 24.1 Å². The highest BCUT2D eigenvalue weighted by Crippen LogP contribution is 2.23. The number of halogens is 2. The van der Waals surface area contributed by atoms with Crippen LogP contribution in [0.2, 0.25) is 0 Å². The Morgan fingerprint density at radius 2 is 1.94 bits per heavy atom. The van der Waals surface area contributed by atoms with Gasteiger partial charge in [-0.3, -0.25) is 4.90 Å². The maximum atomic E-state index is 5.63. The second-order valence-corrected chi connectivity index (χ2v) is 5.71. The SMILES string of the molecule is CC1CC(C)CN(Cc2csc(N)n2)C1.Cl.Cl. The van der Waals surface area contributed by atoms with E-state index in [1.54, 1.807) is 0 Å². The summed E-state index contributed by atoms with van der Waals surface area (Å²) < 4.78 is 0. The van der Waals surface area contributed by atoms with Gasteiger partial charge in [0, 0.05) is 25.0 Å². The number of nitrogens with zero attached hydrogens (tertiary/aromatic N) is 2. The molecule has 17 heavy (non-hydrogen) atoms. The molecule has 0 spiro atoms. The summed E-state index contributed by atoms with van der Waals surface area (Å²) in [6.45, 7) is 8.02. The summed E-state index contributed by atoms with van der Waals surface area (Å²) in [4.78, 5) is 6.80. The van der Waals surface area contributed by atoms with Crippen LogP contribution < -0.4 is 5.73 Å². The molecule has 2 heterocycles.